The van der Waals surface area contributed by atoms with Gasteiger partial charge in [0, 0.05) is 17.3 Å². The van der Waals surface area contributed by atoms with Gasteiger partial charge in [-0.1, -0.05) is 18.2 Å². The SMILES string of the molecule is Nc1cnc2ccccc2c1NCC1(CO)CC1. The first-order chi connectivity index (χ1) is 8.74. The molecular formula is C14H17N3O. The lowest BCUT2D eigenvalue weighted by atomic mass is 10.1. The number of nitrogen functional groups attached to an aromatic ring is 1. The average Bonchev–Trinajstić information content (AvgIpc) is 3.18. The van der Waals surface area contributed by atoms with Crippen molar-refractivity contribution in [3.05, 3.63) is 30.5 Å². The molecule has 4 nitrogen and oxygen atoms in total. The van der Waals surface area contributed by atoms with Gasteiger partial charge in [-0.2, -0.15) is 0 Å². The number of nitrogens with two attached hydrogens (primary N) is 1. The number of rotatable bonds is 4. The number of aliphatic hydroxyl groups excluding tert-OH is 1. The minimum absolute atomic E-state index is 0.0663. The number of benzene rings is 1. The van der Waals surface area contributed by atoms with Crippen LogP contribution in [0.5, 0.6) is 0 Å². The molecule has 1 saturated carbocycles. The van der Waals surface area contributed by atoms with Gasteiger partial charge in [-0.15, -0.1) is 0 Å². The maximum absolute atomic E-state index is 9.33. The number of aromatic nitrogens is 1. The monoisotopic (exact) mass is 243 g/mol. The van der Waals surface area contributed by atoms with Gasteiger partial charge < -0.3 is 16.2 Å². The number of anilines is 2. The number of hydrogen-bond acceptors (Lipinski definition) is 4. The zero-order valence-corrected chi connectivity index (χ0v) is 10.2. The van der Waals surface area contributed by atoms with Crippen LogP contribution >= 0.6 is 0 Å². The zero-order chi connectivity index (χ0) is 12.6. The molecule has 2 aromatic rings. The maximum atomic E-state index is 9.33. The molecule has 4 N–H and O–H groups in total. The van der Waals surface area contributed by atoms with Crippen molar-refractivity contribution in [1.82, 2.24) is 4.98 Å². The molecule has 1 fully saturated rings. The highest BCUT2D eigenvalue weighted by Crippen LogP contribution is 2.45. The van der Waals surface area contributed by atoms with Gasteiger partial charge in [-0.3, -0.25) is 4.98 Å². The van der Waals surface area contributed by atoms with E-state index in [1.807, 2.05) is 24.3 Å². The fourth-order valence-electron chi connectivity index (χ4n) is 2.20. The molecule has 1 aliphatic carbocycles. The summed E-state index contributed by atoms with van der Waals surface area (Å²) in [5.74, 6) is 0. The van der Waals surface area contributed by atoms with Crippen molar-refractivity contribution in [2.24, 2.45) is 5.41 Å². The van der Waals surface area contributed by atoms with Gasteiger partial charge in [0.1, 0.15) is 0 Å². The molecule has 3 rings (SSSR count). The third-order valence-electron chi connectivity index (χ3n) is 3.74. The Morgan fingerprint density at radius 2 is 2.11 bits per heavy atom. The van der Waals surface area contributed by atoms with Gasteiger partial charge in [0.25, 0.3) is 0 Å². The summed E-state index contributed by atoms with van der Waals surface area (Å²) in [6.07, 6.45) is 3.85. The Hall–Kier alpha value is -1.81. The summed E-state index contributed by atoms with van der Waals surface area (Å²) in [5, 5.41) is 13.8. The fraction of sp³-hybridized carbons (Fsp3) is 0.357. The van der Waals surface area contributed by atoms with E-state index in [9.17, 15) is 5.11 Å². The Balaban J connectivity index is 1.92. The highest BCUT2D eigenvalue weighted by Gasteiger charge is 2.41. The van der Waals surface area contributed by atoms with Crippen LogP contribution in [0.1, 0.15) is 12.8 Å². The molecule has 1 heterocycles. The molecule has 4 heteroatoms. The second kappa shape index (κ2) is 4.14. The number of hydrogen-bond donors (Lipinski definition) is 3. The quantitative estimate of drug-likeness (QED) is 0.768. The molecule has 0 amide bonds. The average molecular weight is 243 g/mol. The third-order valence-corrected chi connectivity index (χ3v) is 3.74. The Morgan fingerprint density at radius 3 is 2.83 bits per heavy atom. The summed E-state index contributed by atoms with van der Waals surface area (Å²) < 4.78 is 0. The summed E-state index contributed by atoms with van der Waals surface area (Å²) in [6.45, 7) is 1.00. The number of nitrogens with one attached hydrogen (secondary N) is 1. The molecule has 0 bridgehead atoms. The third kappa shape index (κ3) is 1.88. The van der Waals surface area contributed by atoms with E-state index < -0.39 is 0 Å². The molecular weight excluding hydrogens is 226 g/mol. The zero-order valence-electron chi connectivity index (χ0n) is 10.2. The number of nitrogens with zero attached hydrogens (tertiary/aromatic N) is 1. The van der Waals surface area contributed by atoms with Crippen LogP contribution in [0.15, 0.2) is 30.5 Å². The molecule has 0 spiro atoms. The Kier molecular flexibility index (Phi) is 2.59. The van der Waals surface area contributed by atoms with Crippen LogP contribution in [0.25, 0.3) is 10.9 Å². The van der Waals surface area contributed by atoms with Crippen LogP contribution in [0.2, 0.25) is 0 Å². The van der Waals surface area contributed by atoms with Crippen molar-refractivity contribution < 1.29 is 5.11 Å². The predicted molar refractivity (Wildman–Crippen MR) is 73.4 cm³/mol. The van der Waals surface area contributed by atoms with Gasteiger partial charge >= 0.3 is 0 Å². The van der Waals surface area contributed by atoms with E-state index in [2.05, 4.69) is 10.3 Å². The summed E-state index contributed by atoms with van der Waals surface area (Å²) in [7, 11) is 0. The van der Waals surface area contributed by atoms with Gasteiger partial charge in [-0.25, -0.2) is 0 Å². The minimum Gasteiger partial charge on any atom is -0.396 e. The molecule has 1 aromatic carbocycles. The van der Waals surface area contributed by atoms with Gasteiger partial charge in [0.05, 0.1) is 29.7 Å². The maximum Gasteiger partial charge on any atom is 0.0743 e. The van der Waals surface area contributed by atoms with E-state index in [-0.39, 0.29) is 12.0 Å². The molecule has 0 radical (unpaired) electrons. The molecule has 94 valence electrons. The van der Waals surface area contributed by atoms with E-state index >= 15 is 0 Å². The van der Waals surface area contributed by atoms with E-state index in [4.69, 9.17) is 5.73 Å². The lowest BCUT2D eigenvalue weighted by Gasteiger charge is -2.16. The lowest BCUT2D eigenvalue weighted by Crippen LogP contribution is -2.19. The smallest absolute Gasteiger partial charge is 0.0743 e. The number of aliphatic hydroxyl groups is 1. The second-order valence-electron chi connectivity index (χ2n) is 5.12. The van der Waals surface area contributed by atoms with Gasteiger partial charge in [0.15, 0.2) is 0 Å². The predicted octanol–water partition coefficient (Wildman–Crippen LogP) is 2.00. The summed E-state index contributed by atoms with van der Waals surface area (Å²) in [4.78, 5) is 4.31. The van der Waals surface area contributed by atoms with Crippen molar-refractivity contribution in [3.8, 4) is 0 Å². The summed E-state index contributed by atoms with van der Waals surface area (Å²) in [5.41, 5.74) is 8.58. The molecule has 0 aliphatic heterocycles. The van der Waals surface area contributed by atoms with Crippen LogP contribution < -0.4 is 11.1 Å². The lowest BCUT2D eigenvalue weighted by molar-refractivity contribution is 0.220. The van der Waals surface area contributed by atoms with Crippen LogP contribution in [-0.2, 0) is 0 Å². The van der Waals surface area contributed by atoms with Crippen molar-refractivity contribution in [1.29, 1.82) is 0 Å². The van der Waals surface area contributed by atoms with Crippen molar-refractivity contribution in [2.75, 3.05) is 24.2 Å². The standard InChI is InChI=1S/C14H17N3O/c15-11-7-16-12-4-2-1-3-10(12)13(11)17-8-14(9-18)5-6-14/h1-4,7,18H,5-6,8-9,15H2,(H,16,17). The van der Waals surface area contributed by atoms with Crippen molar-refractivity contribution in [2.45, 2.75) is 12.8 Å². The summed E-state index contributed by atoms with van der Waals surface area (Å²) in [6, 6.07) is 7.93. The topological polar surface area (TPSA) is 71.2 Å². The van der Waals surface area contributed by atoms with Crippen LogP contribution in [0, 0.1) is 5.41 Å². The van der Waals surface area contributed by atoms with Gasteiger partial charge in [-0.05, 0) is 18.9 Å². The highest BCUT2D eigenvalue weighted by molar-refractivity contribution is 5.96. The molecule has 0 unspecified atom stereocenters. The van der Waals surface area contributed by atoms with E-state index in [1.165, 1.54) is 0 Å². The normalized spacial score (nSPS) is 16.7. The molecule has 18 heavy (non-hydrogen) atoms. The second-order valence-corrected chi connectivity index (χ2v) is 5.12. The largest absolute Gasteiger partial charge is 0.396 e. The summed E-state index contributed by atoms with van der Waals surface area (Å²) >= 11 is 0. The van der Waals surface area contributed by atoms with Crippen LogP contribution in [0.4, 0.5) is 11.4 Å². The fourth-order valence-corrected chi connectivity index (χ4v) is 2.20. The van der Waals surface area contributed by atoms with Crippen molar-refractivity contribution in [3.63, 3.8) is 0 Å². The van der Waals surface area contributed by atoms with E-state index in [0.717, 1.165) is 36.0 Å². The number of fused-ring (bicyclic) bond motifs is 1. The Labute approximate surface area is 106 Å². The molecule has 1 aliphatic rings. The molecule has 0 atom stereocenters. The highest BCUT2D eigenvalue weighted by atomic mass is 16.3. The van der Waals surface area contributed by atoms with Gasteiger partial charge in [0.2, 0.25) is 0 Å². The first-order valence-corrected chi connectivity index (χ1v) is 6.22. The van der Waals surface area contributed by atoms with Crippen LogP contribution in [-0.4, -0.2) is 23.2 Å². The van der Waals surface area contributed by atoms with Crippen molar-refractivity contribution >= 4 is 22.3 Å². The molecule has 0 saturated heterocycles. The molecule has 1 aromatic heterocycles. The van der Waals surface area contributed by atoms with Crippen LogP contribution in [0.3, 0.4) is 0 Å². The first kappa shape index (κ1) is 11.3. The Bertz CT molecular complexity index is 578. The number of para-hydroxylation sites is 1. The minimum atomic E-state index is 0.0663. The Morgan fingerprint density at radius 1 is 1.33 bits per heavy atom. The van der Waals surface area contributed by atoms with E-state index in [1.54, 1.807) is 6.20 Å². The first-order valence-electron chi connectivity index (χ1n) is 6.22. The van der Waals surface area contributed by atoms with E-state index in [0.29, 0.717) is 5.69 Å². The number of pyridine rings is 1.